The van der Waals surface area contributed by atoms with E-state index in [1.165, 1.54) is 12.8 Å². The van der Waals surface area contributed by atoms with Gasteiger partial charge in [-0.2, -0.15) is 0 Å². The molecule has 1 aliphatic carbocycles. The van der Waals surface area contributed by atoms with Crippen LogP contribution in [0.4, 0.5) is 5.82 Å². The van der Waals surface area contributed by atoms with Gasteiger partial charge < -0.3 is 19.2 Å². The Morgan fingerprint density at radius 1 is 1.21 bits per heavy atom. The molecule has 168 valence electrons. The molecule has 0 atom stereocenters. The summed E-state index contributed by atoms with van der Waals surface area (Å²) in [7, 11) is 1.59. The number of amides is 1. The molecule has 0 saturated heterocycles. The van der Waals surface area contributed by atoms with Crippen LogP contribution < -0.4 is 10.1 Å². The van der Waals surface area contributed by atoms with E-state index in [2.05, 4.69) is 30.5 Å². The average molecular weight is 444 g/mol. The lowest BCUT2D eigenvalue weighted by molar-refractivity contribution is 0.102. The smallest absolute Gasteiger partial charge is 0.275 e. The van der Waals surface area contributed by atoms with Crippen LogP contribution in [0.25, 0.3) is 17.2 Å². The Labute approximate surface area is 190 Å². The molecule has 1 aliphatic rings. The molecular formula is C23H24N8O2. The van der Waals surface area contributed by atoms with Crippen molar-refractivity contribution < 1.29 is 9.53 Å². The lowest BCUT2D eigenvalue weighted by Crippen LogP contribution is -2.15. The first-order valence-corrected chi connectivity index (χ1v) is 10.8. The first-order valence-electron chi connectivity index (χ1n) is 10.8. The van der Waals surface area contributed by atoms with Gasteiger partial charge in [-0.25, -0.2) is 15.0 Å². The van der Waals surface area contributed by atoms with Crippen molar-refractivity contribution in [2.45, 2.75) is 38.6 Å². The third kappa shape index (κ3) is 4.19. The standard InChI is InChI=1S/C23H24N8O2/c1-14(2)31-13-26-29-22(31)16-5-4-6-17(27-16)23(32)28-21-9-19(20(33-3)10-24-21)30-11-18(25-12-30)15-7-8-15/h4-6,9-15H,7-8H2,1-3H3,(H,24,28,32). The number of nitrogens with zero attached hydrogens (tertiary/aromatic N) is 7. The van der Waals surface area contributed by atoms with Gasteiger partial charge in [0.2, 0.25) is 0 Å². The third-order valence-electron chi connectivity index (χ3n) is 5.52. The van der Waals surface area contributed by atoms with E-state index in [0.29, 0.717) is 29.0 Å². The minimum atomic E-state index is -0.375. The Bertz CT molecular complexity index is 1310. The summed E-state index contributed by atoms with van der Waals surface area (Å²) in [5.41, 5.74) is 2.63. The topological polar surface area (TPSA) is 113 Å². The number of ether oxygens (including phenoxy) is 1. The van der Waals surface area contributed by atoms with Crippen molar-refractivity contribution in [3.8, 4) is 23.0 Å². The number of anilines is 1. The molecule has 0 bridgehead atoms. The van der Waals surface area contributed by atoms with Crippen molar-refractivity contribution in [3.63, 3.8) is 0 Å². The lowest BCUT2D eigenvalue weighted by Gasteiger charge is -2.12. The van der Waals surface area contributed by atoms with Gasteiger partial charge in [-0.15, -0.1) is 10.2 Å². The molecule has 1 fully saturated rings. The number of pyridine rings is 2. The second-order valence-corrected chi connectivity index (χ2v) is 8.24. The van der Waals surface area contributed by atoms with Gasteiger partial charge in [-0.1, -0.05) is 6.07 Å². The van der Waals surface area contributed by atoms with Crippen LogP contribution in [-0.4, -0.2) is 47.3 Å². The van der Waals surface area contributed by atoms with E-state index in [9.17, 15) is 4.79 Å². The minimum Gasteiger partial charge on any atom is -0.493 e. The number of nitrogens with one attached hydrogen (secondary N) is 1. The monoisotopic (exact) mass is 444 g/mol. The number of methoxy groups -OCH3 is 1. The first kappa shape index (κ1) is 20.8. The Morgan fingerprint density at radius 3 is 2.82 bits per heavy atom. The number of imidazole rings is 1. The van der Waals surface area contributed by atoms with Crippen LogP contribution in [0.2, 0.25) is 0 Å². The van der Waals surface area contributed by atoms with Crippen LogP contribution in [0.15, 0.2) is 49.3 Å². The Balaban J connectivity index is 1.40. The summed E-state index contributed by atoms with van der Waals surface area (Å²) in [4.78, 5) is 26.3. The van der Waals surface area contributed by atoms with E-state index in [1.807, 2.05) is 29.2 Å². The van der Waals surface area contributed by atoms with Gasteiger partial charge in [0.1, 0.15) is 23.5 Å². The summed E-state index contributed by atoms with van der Waals surface area (Å²) >= 11 is 0. The van der Waals surface area contributed by atoms with Crippen molar-refractivity contribution >= 4 is 11.7 Å². The van der Waals surface area contributed by atoms with Gasteiger partial charge in [-0.05, 0) is 38.8 Å². The Hall–Kier alpha value is -4.08. The molecule has 4 heterocycles. The molecule has 1 saturated carbocycles. The first-order chi connectivity index (χ1) is 16.0. The molecule has 0 radical (unpaired) electrons. The normalized spacial score (nSPS) is 13.3. The van der Waals surface area contributed by atoms with Crippen molar-refractivity contribution in [2.24, 2.45) is 0 Å². The highest BCUT2D eigenvalue weighted by atomic mass is 16.5. The predicted molar refractivity (Wildman–Crippen MR) is 121 cm³/mol. The van der Waals surface area contributed by atoms with Crippen LogP contribution in [0.1, 0.15) is 54.8 Å². The number of carbonyl (C=O) groups is 1. The quantitative estimate of drug-likeness (QED) is 0.463. The number of carbonyl (C=O) groups excluding carboxylic acids is 1. The largest absolute Gasteiger partial charge is 0.493 e. The summed E-state index contributed by atoms with van der Waals surface area (Å²) in [6.07, 6.45) is 9.33. The van der Waals surface area contributed by atoms with Crippen LogP contribution >= 0.6 is 0 Å². The van der Waals surface area contributed by atoms with E-state index < -0.39 is 0 Å². The molecular weight excluding hydrogens is 420 g/mol. The fourth-order valence-corrected chi connectivity index (χ4v) is 3.59. The summed E-state index contributed by atoms with van der Waals surface area (Å²) in [6, 6.07) is 7.15. The molecule has 0 unspecified atom stereocenters. The van der Waals surface area contributed by atoms with Crippen LogP contribution in [-0.2, 0) is 0 Å². The fraction of sp³-hybridized carbons (Fsp3) is 0.304. The Morgan fingerprint density at radius 2 is 2.06 bits per heavy atom. The molecule has 4 aromatic heterocycles. The number of aromatic nitrogens is 7. The van der Waals surface area contributed by atoms with Gasteiger partial charge in [0.15, 0.2) is 11.6 Å². The second kappa shape index (κ2) is 8.45. The van der Waals surface area contributed by atoms with Crippen molar-refractivity contribution in [1.82, 2.24) is 34.3 Å². The molecule has 10 heteroatoms. The molecule has 33 heavy (non-hydrogen) atoms. The van der Waals surface area contributed by atoms with E-state index in [-0.39, 0.29) is 17.6 Å². The average Bonchev–Trinajstić information content (AvgIpc) is 3.34. The van der Waals surface area contributed by atoms with Gasteiger partial charge in [0.05, 0.1) is 31.0 Å². The van der Waals surface area contributed by atoms with Gasteiger partial charge >= 0.3 is 0 Å². The SMILES string of the molecule is COc1cnc(NC(=O)c2cccc(-c3nncn3C(C)C)n2)cc1-n1cnc(C2CC2)c1. The molecule has 0 aromatic carbocycles. The minimum absolute atomic E-state index is 0.166. The summed E-state index contributed by atoms with van der Waals surface area (Å²) in [5, 5.41) is 11.0. The van der Waals surface area contributed by atoms with Crippen LogP contribution in [0.5, 0.6) is 5.75 Å². The zero-order valence-electron chi connectivity index (χ0n) is 18.6. The summed E-state index contributed by atoms with van der Waals surface area (Å²) in [5.74, 6) is 1.74. The molecule has 5 rings (SSSR count). The van der Waals surface area contributed by atoms with Gasteiger partial charge in [-0.3, -0.25) is 4.79 Å². The zero-order valence-corrected chi connectivity index (χ0v) is 18.6. The maximum Gasteiger partial charge on any atom is 0.275 e. The van der Waals surface area contributed by atoms with E-state index in [0.717, 1.165) is 11.4 Å². The van der Waals surface area contributed by atoms with Crippen molar-refractivity contribution in [1.29, 1.82) is 0 Å². The highest BCUT2D eigenvalue weighted by Gasteiger charge is 2.26. The van der Waals surface area contributed by atoms with Crippen LogP contribution in [0, 0.1) is 0 Å². The molecule has 1 N–H and O–H groups in total. The molecule has 0 aliphatic heterocycles. The second-order valence-electron chi connectivity index (χ2n) is 8.24. The third-order valence-corrected chi connectivity index (χ3v) is 5.52. The summed E-state index contributed by atoms with van der Waals surface area (Å²) < 4.78 is 9.26. The van der Waals surface area contributed by atoms with Crippen LogP contribution in [0.3, 0.4) is 0 Å². The van der Waals surface area contributed by atoms with Gasteiger partial charge in [0.25, 0.3) is 5.91 Å². The number of hydrogen-bond acceptors (Lipinski definition) is 7. The maximum absolute atomic E-state index is 13.0. The highest BCUT2D eigenvalue weighted by Crippen LogP contribution is 2.39. The number of rotatable bonds is 7. The maximum atomic E-state index is 13.0. The lowest BCUT2D eigenvalue weighted by atomic mass is 10.2. The molecule has 4 aromatic rings. The van der Waals surface area contributed by atoms with E-state index >= 15 is 0 Å². The van der Waals surface area contributed by atoms with Crippen molar-refractivity contribution in [2.75, 3.05) is 12.4 Å². The Kier molecular flexibility index (Phi) is 5.33. The summed E-state index contributed by atoms with van der Waals surface area (Å²) in [6.45, 7) is 4.06. The molecule has 1 amide bonds. The molecule has 0 spiro atoms. The predicted octanol–water partition coefficient (Wildman–Crippen LogP) is 3.64. The highest BCUT2D eigenvalue weighted by molar-refractivity contribution is 6.02. The molecule has 10 nitrogen and oxygen atoms in total. The van der Waals surface area contributed by atoms with E-state index in [1.54, 1.807) is 50.2 Å². The van der Waals surface area contributed by atoms with E-state index in [4.69, 9.17) is 4.74 Å². The zero-order chi connectivity index (χ0) is 22.9. The number of hydrogen-bond donors (Lipinski definition) is 1. The van der Waals surface area contributed by atoms with Crippen molar-refractivity contribution in [3.05, 3.63) is 60.7 Å². The van der Waals surface area contributed by atoms with Gasteiger partial charge in [0, 0.05) is 24.2 Å². The fourth-order valence-electron chi connectivity index (χ4n) is 3.59.